The van der Waals surface area contributed by atoms with Crippen molar-refractivity contribution >= 4 is 0 Å². The lowest BCUT2D eigenvalue weighted by molar-refractivity contribution is 0.0973. The fourth-order valence-electron chi connectivity index (χ4n) is 2.54. The molecule has 0 spiro atoms. The topological polar surface area (TPSA) is 21.3 Å². The zero-order chi connectivity index (χ0) is 12.8. The number of benzene rings is 1. The number of nitrogens with one attached hydrogen (secondary N) is 1. The quantitative estimate of drug-likeness (QED) is 0.748. The van der Waals surface area contributed by atoms with Gasteiger partial charge in [0, 0.05) is 31.7 Å². The third-order valence-corrected chi connectivity index (χ3v) is 3.92. The maximum absolute atomic E-state index is 5.73. The van der Waals surface area contributed by atoms with Crippen LogP contribution in [0.3, 0.4) is 0 Å². The van der Waals surface area contributed by atoms with E-state index in [1.54, 1.807) is 0 Å². The first-order valence-corrected chi connectivity index (χ1v) is 7.12. The van der Waals surface area contributed by atoms with Crippen molar-refractivity contribution < 1.29 is 4.74 Å². The predicted octanol–water partition coefficient (Wildman–Crippen LogP) is 3.04. The van der Waals surface area contributed by atoms with Crippen LogP contribution in [0.1, 0.15) is 37.3 Å². The van der Waals surface area contributed by atoms with Crippen LogP contribution < -0.4 is 5.32 Å². The van der Waals surface area contributed by atoms with Crippen molar-refractivity contribution in [1.29, 1.82) is 0 Å². The molecule has 1 aromatic rings. The van der Waals surface area contributed by atoms with Gasteiger partial charge in [-0.2, -0.15) is 0 Å². The van der Waals surface area contributed by atoms with Crippen LogP contribution in [0.15, 0.2) is 24.3 Å². The highest BCUT2D eigenvalue weighted by atomic mass is 16.5. The van der Waals surface area contributed by atoms with Crippen LogP contribution >= 0.6 is 0 Å². The number of hydrogen-bond donors (Lipinski definition) is 1. The molecule has 0 unspecified atom stereocenters. The van der Waals surface area contributed by atoms with Gasteiger partial charge in [-0.25, -0.2) is 0 Å². The van der Waals surface area contributed by atoms with E-state index in [9.17, 15) is 0 Å². The van der Waals surface area contributed by atoms with Crippen molar-refractivity contribution in [3.05, 3.63) is 35.4 Å². The third kappa shape index (κ3) is 3.12. The zero-order valence-corrected chi connectivity index (χ0v) is 11.7. The zero-order valence-electron chi connectivity index (χ0n) is 11.7. The van der Waals surface area contributed by atoms with Crippen LogP contribution in [-0.4, -0.2) is 26.3 Å². The standard InChI is InChI=1S/C16H25NO/c1-3-4-9-18-10-8-16(12-17-13-16)15-7-5-6-14(2)11-15/h5-7,11,17H,3-4,8-10,12-13H2,1-2H3. The van der Waals surface area contributed by atoms with Crippen molar-refractivity contribution in [2.45, 2.75) is 38.5 Å². The fourth-order valence-corrected chi connectivity index (χ4v) is 2.54. The molecule has 0 radical (unpaired) electrons. The number of rotatable bonds is 7. The van der Waals surface area contributed by atoms with Crippen molar-refractivity contribution in [2.75, 3.05) is 26.3 Å². The molecule has 0 atom stereocenters. The van der Waals surface area contributed by atoms with Crippen molar-refractivity contribution in [2.24, 2.45) is 0 Å². The van der Waals surface area contributed by atoms with Crippen molar-refractivity contribution in [3.63, 3.8) is 0 Å². The van der Waals surface area contributed by atoms with Crippen molar-refractivity contribution in [3.8, 4) is 0 Å². The lowest BCUT2D eigenvalue weighted by Crippen LogP contribution is -2.57. The normalized spacial score (nSPS) is 17.4. The molecule has 1 saturated heterocycles. The van der Waals surface area contributed by atoms with Gasteiger partial charge >= 0.3 is 0 Å². The Labute approximate surface area is 111 Å². The van der Waals surface area contributed by atoms with Gasteiger partial charge in [-0.3, -0.25) is 0 Å². The Kier molecular flexibility index (Phi) is 4.79. The van der Waals surface area contributed by atoms with Gasteiger partial charge in [0.1, 0.15) is 0 Å². The second kappa shape index (κ2) is 6.35. The van der Waals surface area contributed by atoms with E-state index < -0.39 is 0 Å². The molecule has 0 aliphatic carbocycles. The highest BCUT2D eigenvalue weighted by Crippen LogP contribution is 2.32. The molecule has 1 aliphatic rings. The Balaban J connectivity index is 1.90. The highest BCUT2D eigenvalue weighted by Gasteiger charge is 2.38. The van der Waals surface area contributed by atoms with E-state index in [0.717, 1.165) is 32.7 Å². The molecule has 0 aromatic heterocycles. The van der Waals surface area contributed by atoms with Gasteiger partial charge in [0.2, 0.25) is 0 Å². The molecule has 2 nitrogen and oxygen atoms in total. The first-order chi connectivity index (χ1) is 8.77. The number of unbranched alkanes of at least 4 members (excludes halogenated alkanes) is 1. The van der Waals surface area contributed by atoms with Crippen LogP contribution in [0.25, 0.3) is 0 Å². The van der Waals surface area contributed by atoms with Gasteiger partial charge in [-0.1, -0.05) is 43.2 Å². The maximum atomic E-state index is 5.73. The molecule has 1 heterocycles. The molecule has 1 aromatic carbocycles. The second-order valence-electron chi connectivity index (χ2n) is 5.47. The summed E-state index contributed by atoms with van der Waals surface area (Å²) in [5, 5.41) is 3.42. The molecular formula is C16H25NO. The summed E-state index contributed by atoms with van der Waals surface area (Å²) in [6, 6.07) is 8.93. The minimum Gasteiger partial charge on any atom is -0.381 e. The Hall–Kier alpha value is -0.860. The maximum Gasteiger partial charge on any atom is 0.0475 e. The monoisotopic (exact) mass is 247 g/mol. The number of aryl methyl sites for hydroxylation is 1. The third-order valence-electron chi connectivity index (χ3n) is 3.92. The highest BCUT2D eigenvalue weighted by molar-refractivity contribution is 5.33. The second-order valence-corrected chi connectivity index (χ2v) is 5.47. The first-order valence-electron chi connectivity index (χ1n) is 7.12. The summed E-state index contributed by atoms with van der Waals surface area (Å²) in [6.07, 6.45) is 3.52. The molecule has 2 rings (SSSR count). The van der Waals surface area contributed by atoms with E-state index in [1.165, 1.54) is 24.0 Å². The molecule has 0 bridgehead atoms. The molecule has 2 heteroatoms. The van der Waals surface area contributed by atoms with Gasteiger partial charge < -0.3 is 10.1 Å². The van der Waals surface area contributed by atoms with E-state index in [4.69, 9.17) is 4.74 Å². The Morgan fingerprint density at radius 1 is 1.28 bits per heavy atom. The van der Waals surface area contributed by atoms with Crippen LogP contribution in [0.4, 0.5) is 0 Å². The minimum absolute atomic E-state index is 0.318. The van der Waals surface area contributed by atoms with Gasteiger partial charge in [-0.05, 0) is 25.3 Å². The molecule has 1 fully saturated rings. The summed E-state index contributed by atoms with van der Waals surface area (Å²) in [4.78, 5) is 0. The summed E-state index contributed by atoms with van der Waals surface area (Å²) in [7, 11) is 0. The number of ether oxygens (including phenoxy) is 1. The molecule has 1 N–H and O–H groups in total. The van der Waals surface area contributed by atoms with Gasteiger partial charge in [0.05, 0.1) is 0 Å². The average Bonchev–Trinajstić information content (AvgIpc) is 2.32. The van der Waals surface area contributed by atoms with E-state index in [2.05, 4.69) is 43.4 Å². The smallest absolute Gasteiger partial charge is 0.0475 e. The SMILES string of the molecule is CCCCOCCC1(c2cccc(C)c2)CNC1. The minimum atomic E-state index is 0.318. The van der Waals surface area contributed by atoms with E-state index >= 15 is 0 Å². The summed E-state index contributed by atoms with van der Waals surface area (Å²) >= 11 is 0. The molecule has 1 aliphatic heterocycles. The lowest BCUT2D eigenvalue weighted by Gasteiger charge is -2.43. The summed E-state index contributed by atoms with van der Waals surface area (Å²) in [5.41, 5.74) is 3.14. The molecular weight excluding hydrogens is 222 g/mol. The summed E-state index contributed by atoms with van der Waals surface area (Å²) in [5.74, 6) is 0. The Bertz CT molecular complexity index is 371. The lowest BCUT2D eigenvalue weighted by atomic mass is 9.72. The van der Waals surface area contributed by atoms with Crippen LogP contribution in [-0.2, 0) is 10.2 Å². The van der Waals surface area contributed by atoms with Crippen molar-refractivity contribution in [1.82, 2.24) is 5.32 Å². The molecule has 18 heavy (non-hydrogen) atoms. The fraction of sp³-hybridized carbons (Fsp3) is 0.625. The largest absolute Gasteiger partial charge is 0.381 e. The van der Waals surface area contributed by atoms with E-state index in [0.29, 0.717) is 5.41 Å². The Morgan fingerprint density at radius 2 is 2.11 bits per heavy atom. The number of hydrogen-bond acceptors (Lipinski definition) is 2. The van der Waals surface area contributed by atoms with Crippen LogP contribution in [0.2, 0.25) is 0 Å². The van der Waals surface area contributed by atoms with Gasteiger partial charge in [0.25, 0.3) is 0 Å². The van der Waals surface area contributed by atoms with Crippen LogP contribution in [0, 0.1) is 6.92 Å². The van der Waals surface area contributed by atoms with Crippen LogP contribution in [0.5, 0.6) is 0 Å². The van der Waals surface area contributed by atoms with E-state index in [1.807, 2.05) is 0 Å². The summed E-state index contributed by atoms with van der Waals surface area (Å²) in [6.45, 7) is 8.35. The molecule has 100 valence electrons. The Morgan fingerprint density at radius 3 is 2.72 bits per heavy atom. The van der Waals surface area contributed by atoms with E-state index in [-0.39, 0.29) is 0 Å². The van der Waals surface area contributed by atoms with Gasteiger partial charge in [-0.15, -0.1) is 0 Å². The molecule has 0 amide bonds. The predicted molar refractivity (Wildman–Crippen MR) is 76.1 cm³/mol. The summed E-state index contributed by atoms with van der Waals surface area (Å²) < 4.78 is 5.73. The average molecular weight is 247 g/mol. The van der Waals surface area contributed by atoms with Gasteiger partial charge in [0.15, 0.2) is 0 Å². The molecule has 0 saturated carbocycles. The first kappa shape index (κ1) is 13.6.